The van der Waals surface area contributed by atoms with Crippen LogP contribution in [0.5, 0.6) is 0 Å². The fraction of sp³-hybridized carbons (Fsp3) is 0.636. The van der Waals surface area contributed by atoms with Gasteiger partial charge in [-0.25, -0.2) is 0 Å². The summed E-state index contributed by atoms with van der Waals surface area (Å²) in [6.45, 7) is 3.90. The van der Waals surface area contributed by atoms with Gasteiger partial charge in [-0.2, -0.15) is 11.8 Å². The van der Waals surface area contributed by atoms with Gasteiger partial charge in [0.1, 0.15) is 5.76 Å². The molecule has 2 N–H and O–H groups in total. The Bertz CT molecular complexity index is 292. The third kappa shape index (κ3) is 3.55. The van der Waals surface area contributed by atoms with Crippen molar-refractivity contribution in [1.82, 2.24) is 0 Å². The Morgan fingerprint density at radius 2 is 2.07 bits per heavy atom. The van der Waals surface area contributed by atoms with Crippen molar-refractivity contribution in [1.29, 1.82) is 0 Å². The summed E-state index contributed by atoms with van der Waals surface area (Å²) in [7, 11) is 0. The van der Waals surface area contributed by atoms with Crippen LogP contribution in [0.2, 0.25) is 0 Å². The van der Waals surface area contributed by atoms with Crippen molar-refractivity contribution in [3.63, 3.8) is 0 Å². The summed E-state index contributed by atoms with van der Waals surface area (Å²) >= 11 is 1.67. The minimum Gasteiger partial charge on any atom is -0.468 e. The van der Waals surface area contributed by atoms with Crippen LogP contribution >= 0.6 is 11.8 Å². The maximum absolute atomic E-state index is 9.10. The van der Waals surface area contributed by atoms with Gasteiger partial charge in [0.15, 0.2) is 0 Å². The topological polar surface area (TPSA) is 53.6 Å². The van der Waals surface area contributed by atoms with E-state index in [0.717, 1.165) is 22.8 Å². The Kier molecular flexibility index (Phi) is 4.70. The van der Waals surface area contributed by atoms with Crippen LogP contribution in [0.3, 0.4) is 0 Å². The Morgan fingerprint density at radius 1 is 1.40 bits per heavy atom. The molecule has 0 atom stereocenters. The number of aliphatic hydroxyl groups is 2. The Hall–Kier alpha value is -0.450. The highest BCUT2D eigenvalue weighted by molar-refractivity contribution is 7.98. The second-order valence-corrected chi connectivity index (χ2v) is 5.13. The van der Waals surface area contributed by atoms with Gasteiger partial charge >= 0.3 is 0 Å². The predicted octanol–water partition coefficient (Wildman–Crippen LogP) is 1.81. The SMILES string of the molecule is Cc1ccoc1CSCC(C)(CO)CO. The molecule has 0 saturated carbocycles. The molecule has 0 fully saturated rings. The molecule has 0 aliphatic rings. The summed E-state index contributed by atoms with van der Waals surface area (Å²) < 4.78 is 5.30. The van der Waals surface area contributed by atoms with Crippen LogP contribution in [-0.4, -0.2) is 29.2 Å². The smallest absolute Gasteiger partial charge is 0.116 e. The molecule has 4 heteroatoms. The average Bonchev–Trinajstić information content (AvgIpc) is 2.64. The molecule has 0 aromatic carbocycles. The molecule has 3 nitrogen and oxygen atoms in total. The highest BCUT2D eigenvalue weighted by Crippen LogP contribution is 2.25. The van der Waals surface area contributed by atoms with Crippen molar-refractivity contribution >= 4 is 11.8 Å². The molecule has 86 valence electrons. The van der Waals surface area contributed by atoms with Gasteiger partial charge in [0.25, 0.3) is 0 Å². The van der Waals surface area contributed by atoms with Crippen molar-refractivity contribution in [3.8, 4) is 0 Å². The molecular weight excluding hydrogens is 212 g/mol. The van der Waals surface area contributed by atoms with Crippen LogP contribution < -0.4 is 0 Å². The predicted molar refractivity (Wildman–Crippen MR) is 61.9 cm³/mol. The van der Waals surface area contributed by atoms with Crippen LogP contribution in [0.4, 0.5) is 0 Å². The van der Waals surface area contributed by atoms with Crippen molar-refractivity contribution in [2.45, 2.75) is 19.6 Å². The van der Waals surface area contributed by atoms with Gasteiger partial charge in [-0.05, 0) is 18.6 Å². The lowest BCUT2D eigenvalue weighted by Gasteiger charge is -2.23. The Morgan fingerprint density at radius 3 is 2.53 bits per heavy atom. The quantitative estimate of drug-likeness (QED) is 0.782. The first kappa shape index (κ1) is 12.6. The first-order valence-corrected chi connectivity index (χ1v) is 6.09. The van der Waals surface area contributed by atoms with Crippen molar-refractivity contribution in [2.75, 3.05) is 19.0 Å². The van der Waals surface area contributed by atoms with Gasteiger partial charge < -0.3 is 14.6 Å². The third-order valence-electron chi connectivity index (χ3n) is 2.42. The highest BCUT2D eigenvalue weighted by atomic mass is 32.2. The Labute approximate surface area is 94.5 Å². The number of hydrogen-bond donors (Lipinski definition) is 2. The van der Waals surface area contributed by atoms with Crippen LogP contribution in [-0.2, 0) is 5.75 Å². The number of hydrogen-bond acceptors (Lipinski definition) is 4. The number of aliphatic hydroxyl groups excluding tert-OH is 2. The van der Waals surface area contributed by atoms with E-state index in [1.807, 2.05) is 19.9 Å². The van der Waals surface area contributed by atoms with Gasteiger partial charge in [-0.15, -0.1) is 0 Å². The molecule has 1 heterocycles. The van der Waals surface area contributed by atoms with E-state index in [2.05, 4.69) is 0 Å². The average molecular weight is 230 g/mol. The van der Waals surface area contributed by atoms with E-state index in [9.17, 15) is 0 Å². The lowest BCUT2D eigenvalue weighted by Crippen LogP contribution is -2.28. The van der Waals surface area contributed by atoms with Crippen molar-refractivity contribution in [2.24, 2.45) is 5.41 Å². The zero-order valence-corrected chi connectivity index (χ0v) is 10.0. The molecular formula is C11H18O3S. The molecule has 0 aliphatic carbocycles. The monoisotopic (exact) mass is 230 g/mol. The maximum Gasteiger partial charge on any atom is 0.116 e. The molecule has 0 spiro atoms. The molecule has 1 aromatic heterocycles. The number of thioether (sulfide) groups is 1. The van der Waals surface area contributed by atoms with Crippen LogP contribution in [0.15, 0.2) is 16.7 Å². The molecule has 1 rings (SSSR count). The summed E-state index contributed by atoms with van der Waals surface area (Å²) in [6.07, 6.45) is 1.68. The largest absolute Gasteiger partial charge is 0.468 e. The molecule has 0 aliphatic heterocycles. The van der Waals surface area contributed by atoms with Gasteiger partial charge in [0, 0.05) is 11.2 Å². The minimum absolute atomic E-state index is 0.00758. The van der Waals surface area contributed by atoms with Gasteiger partial charge in [-0.3, -0.25) is 0 Å². The van der Waals surface area contributed by atoms with E-state index in [0.29, 0.717) is 0 Å². The van der Waals surface area contributed by atoms with Gasteiger partial charge in [0.2, 0.25) is 0 Å². The molecule has 0 radical (unpaired) electrons. The van der Waals surface area contributed by atoms with Crippen LogP contribution in [0.25, 0.3) is 0 Å². The highest BCUT2D eigenvalue weighted by Gasteiger charge is 2.22. The Balaban J connectivity index is 2.36. The molecule has 1 aromatic rings. The number of furan rings is 1. The van der Waals surface area contributed by atoms with E-state index in [1.54, 1.807) is 18.0 Å². The van der Waals surface area contributed by atoms with Crippen molar-refractivity contribution in [3.05, 3.63) is 23.7 Å². The van der Waals surface area contributed by atoms with E-state index in [-0.39, 0.29) is 13.2 Å². The zero-order chi connectivity index (χ0) is 11.3. The van der Waals surface area contributed by atoms with Gasteiger partial charge in [-0.1, -0.05) is 6.92 Å². The minimum atomic E-state index is -0.398. The third-order valence-corrected chi connectivity index (χ3v) is 3.78. The second kappa shape index (κ2) is 5.58. The first-order chi connectivity index (χ1) is 7.11. The molecule has 0 amide bonds. The van der Waals surface area contributed by atoms with E-state index < -0.39 is 5.41 Å². The van der Waals surface area contributed by atoms with E-state index >= 15 is 0 Å². The molecule has 0 unspecified atom stereocenters. The van der Waals surface area contributed by atoms with Crippen LogP contribution in [0, 0.1) is 12.3 Å². The molecule has 0 saturated heterocycles. The second-order valence-electron chi connectivity index (χ2n) is 4.15. The zero-order valence-electron chi connectivity index (χ0n) is 9.19. The summed E-state index contributed by atoms with van der Waals surface area (Å²) in [5.74, 6) is 2.48. The lowest BCUT2D eigenvalue weighted by molar-refractivity contribution is 0.0895. The maximum atomic E-state index is 9.10. The van der Waals surface area contributed by atoms with Gasteiger partial charge in [0.05, 0.1) is 25.2 Å². The summed E-state index contributed by atoms with van der Waals surface area (Å²) in [4.78, 5) is 0. The molecule has 0 bridgehead atoms. The fourth-order valence-corrected chi connectivity index (χ4v) is 2.34. The normalized spacial score (nSPS) is 12.0. The van der Waals surface area contributed by atoms with Crippen LogP contribution in [0.1, 0.15) is 18.2 Å². The summed E-state index contributed by atoms with van der Waals surface area (Å²) in [6, 6.07) is 1.94. The fourth-order valence-electron chi connectivity index (χ4n) is 1.08. The first-order valence-electron chi connectivity index (χ1n) is 4.94. The standard InChI is InChI=1S/C11H18O3S/c1-9-3-4-14-10(9)5-15-8-11(2,6-12)7-13/h3-4,12-13H,5-8H2,1-2H3. The van der Waals surface area contributed by atoms with E-state index in [4.69, 9.17) is 14.6 Å². The number of aryl methyl sites for hydroxylation is 1. The molecule has 15 heavy (non-hydrogen) atoms. The summed E-state index contributed by atoms with van der Waals surface area (Å²) in [5, 5.41) is 18.2. The lowest BCUT2D eigenvalue weighted by atomic mass is 9.96. The number of rotatable bonds is 6. The summed E-state index contributed by atoms with van der Waals surface area (Å²) in [5.41, 5.74) is 0.753. The van der Waals surface area contributed by atoms with E-state index in [1.165, 1.54) is 0 Å². The van der Waals surface area contributed by atoms with Crippen molar-refractivity contribution < 1.29 is 14.6 Å².